The van der Waals surface area contributed by atoms with E-state index in [4.69, 9.17) is 5.11 Å². The molecule has 6 nitrogen and oxygen atoms in total. The SMILES string of the molecule is CCC1(C(=O)O)CC2(CCN(C(=O)O)CC2)CN1. The molecule has 2 saturated heterocycles. The van der Waals surface area contributed by atoms with Gasteiger partial charge in [0.2, 0.25) is 0 Å². The van der Waals surface area contributed by atoms with Crippen LogP contribution < -0.4 is 5.32 Å². The number of piperidine rings is 1. The fourth-order valence-corrected chi connectivity index (χ4v) is 3.20. The van der Waals surface area contributed by atoms with Crippen LogP contribution >= 0.6 is 0 Å². The lowest BCUT2D eigenvalue weighted by molar-refractivity contribution is -0.144. The predicted molar refractivity (Wildman–Crippen MR) is 64.5 cm³/mol. The maximum absolute atomic E-state index is 11.4. The van der Waals surface area contributed by atoms with Gasteiger partial charge >= 0.3 is 12.1 Å². The highest BCUT2D eigenvalue weighted by molar-refractivity contribution is 5.79. The molecule has 2 aliphatic rings. The Bertz CT molecular complexity index is 363. The zero-order chi connectivity index (χ0) is 13.4. The quantitative estimate of drug-likeness (QED) is 0.685. The predicted octanol–water partition coefficient (Wildman–Crippen LogP) is 0.973. The minimum Gasteiger partial charge on any atom is -0.480 e. The average molecular weight is 256 g/mol. The molecule has 0 aromatic heterocycles. The van der Waals surface area contributed by atoms with E-state index >= 15 is 0 Å². The van der Waals surface area contributed by atoms with Crippen molar-refractivity contribution in [3.63, 3.8) is 0 Å². The summed E-state index contributed by atoms with van der Waals surface area (Å²) in [4.78, 5) is 23.7. The number of carbonyl (C=O) groups is 2. The first-order chi connectivity index (χ1) is 8.43. The number of amides is 1. The van der Waals surface area contributed by atoms with Gasteiger partial charge in [0.1, 0.15) is 5.54 Å². The van der Waals surface area contributed by atoms with E-state index in [2.05, 4.69) is 5.32 Å². The van der Waals surface area contributed by atoms with E-state index in [0.29, 0.717) is 32.5 Å². The summed E-state index contributed by atoms with van der Waals surface area (Å²) in [5.74, 6) is -0.789. The van der Waals surface area contributed by atoms with Crippen LogP contribution in [0.5, 0.6) is 0 Å². The largest absolute Gasteiger partial charge is 0.480 e. The maximum atomic E-state index is 11.4. The number of rotatable bonds is 2. The first kappa shape index (κ1) is 13.1. The topological polar surface area (TPSA) is 89.9 Å². The van der Waals surface area contributed by atoms with E-state index in [1.54, 1.807) is 0 Å². The van der Waals surface area contributed by atoms with Gasteiger partial charge in [0, 0.05) is 19.6 Å². The molecule has 18 heavy (non-hydrogen) atoms. The average Bonchev–Trinajstić information content (AvgIpc) is 2.70. The van der Waals surface area contributed by atoms with Crippen LogP contribution in [0.1, 0.15) is 32.6 Å². The maximum Gasteiger partial charge on any atom is 0.407 e. The molecule has 2 fully saturated rings. The van der Waals surface area contributed by atoms with E-state index in [1.807, 2.05) is 6.92 Å². The second-order valence-electron chi connectivity index (χ2n) is 5.54. The van der Waals surface area contributed by atoms with Crippen LogP contribution in [-0.2, 0) is 4.79 Å². The monoisotopic (exact) mass is 256 g/mol. The number of nitrogens with zero attached hydrogens (tertiary/aromatic N) is 1. The summed E-state index contributed by atoms with van der Waals surface area (Å²) in [7, 11) is 0. The van der Waals surface area contributed by atoms with E-state index < -0.39 is 17.6 Å². The molecule has 1 spiro atoms. The minimum atomic E-state index is -0.879. The summed E-state index contributed by atoms with van der Waals surface area (Å²) in [5, 5.41) is 21.4. The van der Waals surface area contributed by atoms with Crippen molar-refractivity contribution >= 4 is 12.1 Å². The molecule has 1 amide bonds. The van der Waals surface area contributed by atoms with Gasteiger partial charge in [-0.05, 0) is 31.1 Å². The lowest BCUT2D eigenvalue weighted by Gasteiger charge is -2.38. The minimum absolute atomic E-state index is 0.0413. The summed E-state index contributed by atoms with van der Waals surface area (Å²) in [6, 6.07) is 0. The zero-order valence-corrected chi connectivity index (χ0v) is 10.6. The van der Waals surface area contributed by atoms with Gasteiger partial charge in [-0.25, -0.2) is 4.79 Å². The molecule has 1 atom stereocenters. The number of aliphatic carboxylic acids is 1. The van der Waals surface area contributed by atoms with Crippen LogP contribution in [0.2, 0.25) is 0 Å². The molecule has 0 aromatic rings. The molecule has 2 rings (SSSR count). The normalized spacial score (nSPS) is 30.6. The molecule has 102 valence electrons. The second kappa shape index (κ2) is 4.42. The summed E-state index contributed by atoms with van der Waals surface area (Å²) >= 11 is 0. The van der Waals surface area contributed by atoms with E-state index in [0.717, 1.165) is 12.8 Å². The van der Waals surface area contributed by atoms with E-state index in [-0.39, 0.29) is 5.41 Å². The summed E-state index contributed by atoms with van der Waals surface area (Å²) in [6.07, 6.45) is 1.80. The third kappa shape index (κ3) is 2.05. The molecule has 0 bridgehead atoms. The highest BCUT2D eigenvalue weighted by Crippen LogP contribution is 2.44. The van der Waals surface area contributed by atoms with E-state index in [1.165, 1.54) is 4.90 Å². The smallest absolute Gasteiger partial charge is 0.407 e. The van der Waals surface area contributed by atoms with Crippen molar-refractivity contribution in [1.29, 1.82) is 0 Å². The first-order valence-corrected chi connectivity index (χ1v) is 6.39. The van der Waals surface area contributed by atoms with Crippen LogP contribution in [0, 0.1) is 5.41 Å². The second-order valence-corrected chi connectivity index (χ2v) is 5.54. The number of nitrogens with one attached hydrogen (secondary N) is 1. The molecule has 0 aliphatic carbocycles. The Morgan fingerprint density at radius 2 is 1.89 bits per heavy atom. The van der Waals surface area contributed by atoms with Crippen molar-refractivity contribution < 1.29 is 19.8 Å². The molecule has 3 N–H and O–H groups in total. The third-order valence-corrected chi connectivity index (χ3v) is 4.59. The molecular weight excluding hydrogens is 236 g/mol. The molecular formula is C12H20N2O4. The Labute approximate surface area is 106 Å². The van der Waals surface area contributed by atoms with Crippen LogP contribution in [0.3, 0.4) is 0 Å². The Morgan fingerprint density at radius 3 is 2.28 bits per heavy atom. The Morgan fingerprint density at radius 1 is 1.28 bits per heavy atom. The third-order valence-electron chi connectivity index (χ3n) is 4.59. The molecule has 0 radical (unpaired) electrons. The fraction of sp³-hybridized carbons (Fsp3) is 0.833. The van der Waals surface area contributed by atoms with Crippen LogP contribution in [0.25, 0.3) is 0 Å². The Hall–Kier alpha value is -1.30. The lowest BCUT2D eigenvalue weighted by Crippen LogP contribution is -2.47. The number of likely N-dealkylation sites (tertiary alicyclic amines) is 1. The van der Waals surface area contributed by atoms with Crippen LogP contribution in [0.4, 0.5) is 4.79 Å². The van der Waals surface area contributed by atoms with E-state index in [9.17, 15) is 14.7 Å². The summed E-state index contributed by atoms with van der Waals surface area (Å²) < 4.78 is 0. The Balaban J connectivity index is 2.05. The molecule has 6 heteroatoms. The van der Waals surface area contributed by atoms with Crippen LogP contribution in [0.15, 0.2) is 0 Å². The first-order valence-electron chi connectivity index (χ1n) is 6.39. The molecule has 1 unspecified atom stereocenters. The molecule has 0 aromatic carbocycles. The number of hydrogen-bond acceptors (Lipinski definition) is 3. The van der Waals surface area contributed by atoms with Gasteiger partial charge in [0.25, 0.3) is 0 Å². The Kier molecular flexibility index (Phi) is 3.23. The summed E-state index contributed by atoms with van der Waals surface area (Å²) in [5.41, 5.74) is -0.855. The van der Waals surface area contributed by atoms with Gasteiger partial charge in [-0.15, -0.1) is 0 Å². The van der Waals surface area contributed by atoms with Crippen molar-refractivity contribution in [2.24, 2.45) is 5.41 Å². The van der Waals surface area contributed by atoms with Gasteiger partial charge in [-0.1, -0.05) is 6.92 Å². The van der Waals surface area contributed by atoms with Gasteiger partial charge in [0.05, 0.1) is 0 Å². The fourth-order valence-electron chi connectivity index (χ4n) is 3.20. The summed E-state index contributed by atoms with van der Waals surface area (Å²) in [6.45, 7) is 3.58. The lowest BCUT2D eigenvalue weighted by atomic mass is 9.73. The van der Waals surface area contributed by atoms with Gasteiger partial charge in [0.15, 0.2) is 0 Å². The van der Waals surface area contributed by atoms with Crippen molar-refractivity contribution in [2.75, 3.05) is 19.6 Å². The molecule has 2 aliphatic heterocycles. The van der Waals surface area contributed by atoms with Crippen molar-refractivity contribution in [2.45, 2.75) is 38.1 Å². The van der Waals surface area contributed by atoms with Gasteiger partial charge in [-0.3, -0.25) is 4.79 Å². The van der Waals surface area contributed by atoms with Crippen molar-refractivity contribution in [1.82, 2.24) is 10.2 Å². The highest BCUT2D eigenvalue weighted by Gasteiger charge is 2.52. The van der Waals surface area contributed by atoms with Crippen LogP contribution in [-0.4, -0.2) is 52.3 Å². The van der Waals surface area contributed by atoms with Crippen molar-refractivity contribution in [3.8, 4) is 0 Å². The zero-order valence-electron chi connectivity index (χ0n) is 10.6. The molecule has 0 saturated carbocycles. The number of carboxylic acid groups (broad SMARTS) is 2. The standard InChI is InChI=1S/C12H20N2O4/c1-2-12(9(15)16)7-11(8-13-12)3-5-14(6-4-11)10(17)18/h13H,2-8H2,1H3,(H,15,16)(H,17,18). The number of hydrogen-bond donors (Lipinski definition) is 3. The molecule has 2 heterocycles. The number of carboxylic acids is 1. The van der Waals surface area contributed by atoms with Gasteiger partial charge < -0.3 is 20.4 Å². The highest BCUT2D eigenvalue weighted by atomic mass is 16.4. The van der Waals surface area contributed by atoms with Crippen molar-refractivity contribution in [3.05, 3.63) is 0 Å². The van der Waals surface area contributed by atoms with Gasteiger partial charge in [-0.2, -0.15) is 0 Å².